The van der Waals surface area contributed by atoms with Crippen molar-refractivity contribution in [3.63, 3.8) is 0 Å². The highest BCUT2D eigenvalue weighted by Crippen LogP contribution is 2.22. The quantitative estimate of drug-likeness (QED) is 0.731. The van der Waals surface area contributed by atoms with Gasteiger partial charge in [-0.2, -0.15) is 5.10 Å². The Kier molecular flexibility index (Phi) is 4.68. The predicted molar refractivity (Wildman–Crippen MR) is 88.2 cm³/mol. The zero-order chi connectivity index (χ0) is 16.1. The molecule has 3 aromatic rings. The fraction of sp³-hybridized carbons (Fsp3) is 0.125. The summed E-state index contributed by atoms with van der Waals surface area (Å²) in [5.74, 6) is -0.628. The van der Waals surface area contributed by atoms with E-state index >= 15 is 0 Å². The molecule has 0 fully saturated rings. The molecule has 23 heavy (non-hydrogen) atoms. The molecule has 2 N–H and O–H groups in total. The standard InChI is InChI=1S/C16H15FN4OS/c17-13-5-1-6-14(21-8-3-7-20-21)16(13)19-11-15(22)18-10-12-4-2-9-23-12/h1-9,19H,10-11H2,(H,18,22). The van der Waals surface area contributed by atoms with Gasteiger partial charge < -0.3 is 10.6 Å². The number of thiophene rings is 1. The van der Waals surface area contributed by atoms with Crippen molar-refractivity contribution in [1.29, 1.82) is 0 Å². The van der Waals surface area contributed by atoms with E-state index in [1.54, 1.807) is 46.6 Å². The van der Waals surface area contributed by atoms with Crippen molar-refractivity contribution in [2.45, 2.75) is 6.54 Å². The van der Waals surface area contributed by atoms with Crippen LogP contribution in [0.25, 0.3) is 5.69 Å². The van der Waals surface area contributed by atoms with Crippen molar-refractivity contribution in [1.82, 2.24) is 15.1 Å². The minimum absolute atomic E-state index is 0.0133. The van der Waals surface area contributed by atoms with Gasteiger partial charge in [0.15, 0.2) is 0 Å². The van der Waals surface area contributed by atoms with Gasteiger partial charge in [0.25, 0.3) is 0 Å². The van der Waals surface area contributed by atoms with E-state index in [0.717, 1.165) is 4.88 Å². The van der Waals surface area contributed by atoms with E-state index < -0.39 is 5.82 Å². The molecular formula is C16H15FN4OS. The van der Waals surface area contributed by atoms with E-state index in [1.807, 2.05) is 17.5 Å². The lowest BCUT2D eigenvalue weighted by molar-refractivity contribution is -0.119. The first-order valence-electron chi connectivity index (χ1n) is 7.05. The molecular weight excluding hydrogens is 315 g/mol. The van der Waals surface area contributed by atoms with Crippen LogP contribution >= 0.6 is 11.3 Å². The van der Waals surface area contributed by atoms with E-state index in [4.69, 9.17) is 0 Å². The van der Waals surface area contributed by atoms with Crippen LogP contribution in [-0.4, -0.2) is 22.2 Å². The molecule has 7 heteroatoms. The molecule has 3 rings (SSSR count). The van der Waals surface area contributed by atoms with Gasteiger partial charge in [-0.25, -0.2) is 9.07 Å². The summed E-state index contributed by atoms with van der Waals surface area (Å²) in [5.41, 5.74) is 0.809. The van der Waals surface area contributed by atoms with Gasteiger partial charge in [0.2, 0.25) is 5.91 Å². The van der Waals surface area contributed by atoms with E-state index in [9.17, 15) is 9.18 Å². The largest absolute Gasteiger partial charge is 0.372 e. The van der Waals surface area contributed by atoms with Crippen molar-refractivity contribution < 1.29 is 9.18 Å². The normalized spacial score (nSPS) is 10.5. The summed E-state index contributed by atoms with van der Waals surface area (Å²) in [6.45, 7) is 0.460. The number of amides is 1. The van der Waals surface area contributed by atoms with Gasteiger partial charge in [0.05, 0.1) is 24.5 Å². The van der Waals surface area contributed by atoms with Crippen LogP contribution in [0.5, 0.6) is 0 Å². The summed E-state index contributed by atoms with van der Waals surface area (Å²) < 4.78 is 15.6. The number of hydrogen-bond acceptors (Lipinski definition) is 4. The number of benzene rings is 1. The van der Waals surface area contributed by atoms with Crippen LogP contribution < -0.4 is 10.6 Å². The van der Waals surface area contributed by atoms with Crippen LogP contribution in [0.1, 0.15) is 4.88 Å². The third-order valence-corrected chi connectivity index (χ3v) is 4.08. The maximum atomic E-state index is 14.1. The lowest BCUT2D eigenvalue weighted by Gasteiger charge is -2.13. The summed E-state index contributed by atoms with van der Waals surface area (Å²) in [7, 11) is 0. The number of aromatic nitrogens is 2. The van der Waals surface area contributed by atoms with Crippen molar-refractivity contribution in [2.24, 2.45) is 0 Å². The van der Waals surface area contributed by atoms with Gasteiger partial charge in [-0.1, -0.05) is 12.1 Å². The Morgan fingerprint density at radius 1 is 1.26 bits per heavy atom. The first-order valence-corrected chi connectivity index (χ1v) is 7.93. The van der Waals surface area contributed by atoms with Gasteiger partial charge >= 0.3 is 0 Å². The SMILES string of the molecule is O=C(CNc1c(F)cccc1-n1cccn1)NCc1cccs1. The smallest absolute Gasteiger partial charge is 0.239 e. The number of carbonyl (C=O) groups excluding carboxylic acids is 1. The van der Waals surface area contributed by atoms with E-state index in [0.29, 0.717) is 12.2 Å². The topological polar surface area (TPSA) is 59.0 Å². The van der Waals surface area contributed by atoms with Crippen LogP contribution in [0.15, 0.2) is 54.2 Å². The third kappa shape index (κ3) is 3.75. The summed E-state index contributed by atoms with van der Waals surface area (Å²) in [6, 6.07) is 10.3. The van der Waals surface area contributed by atoms with Crippen molar-refractivity contribution >= 4 is 22.9 Å². The Bertz CT molecular complexity index is 771. The van der Waals surface area contributed by atoms with Gasteiger partial charge in [0, 0.05) is 17.3 Å². The molecule has 0 saturated carbocycles. The first-order chi connectivity index (χ1) is 11.2. The zero-order valence-electron chi connectivity index (χ0n) is 12.2. The summed E-state index contributed by atoms with van der Waals surface area (Å²) in [5, 5.41) is 11.7. The highest BCUT2D eigenvalue weighted by Gasteiger charge is 2.11. The van der Waals surface area contributed by atoms with E-state index in [2.05, 4.69) is 15.7 Å². The Hall–Kier alpha value is -2.67. The molecule has 0 aliphatic heterocycles. The van der Waals surface area contributed by atoms with Crippen molar-refractivity contribution in [2.75, 3.05) is 11.9 Å². The Balaban J connectivity index is 1.65. The molecule has 5 nitrogen and oxygen atoms in total. The molecule has 0 atom stereocenters. The second-order valence-corrected chi connectivity index (χ2v) is 5.83. The summed E-state index contributed by atoms with van der Waals surface area (Å²) in [6.07, 6.45) is 3.33. The van der Waals surface area contributed by atoms with Crippen molar-refractivity contribution in [3.8, 4) is 5.69 Å². The molecule has 0 aliphatic rings. The second-order valence-electron chi connectivity index (χ2n) is 4.79. The minimum Gasteiger partial charge on any atom is -0.372 e. The molecule has 2 heterocycles. The van der Waals surface area contributed by atoms with Crippen LogP contribution in [0.4, 0.5) is 10.1 Å². The average Bonchev–Trinajstić information content (AvgIpc) is 3.24. The van der Waals surface area contributed by atoms with E-state index in [-0.39, 0.29) is 18.1 Å². The number of nitrogens with one attached hydrogen (secondary N) is 2. The molecule has 1 aromatic carbocycles. The fourth-order valence-corrected chi connectivity index (χ4v) is 2.76. The Morgan fingerprint density at radius 3 is 2.91 bits per heavy atom. The summed E-state index contributed by atoms with van der Waals surface area (Å²) >= 11 is 1.58. The van der Waals surface area contributed by atoms with Gasteiger partial charge in [-0.3, -0.25) is 4.79 Å². The number of para-hydroxylation sites is 1. The monoisotopic (exact) mass is 330 g/mol. The average molecular weight is 330 g/mol. The van der Waals surface area contributed by atoms with Gasteiger partial charge in [-0.05, 0) is 29.6 Å². The maximum absolute atomic E-state index is 14.1. The van der Waals surface area contributed by atoms with Crippen LogP contribution in [0.2, 0.25) is 0 Å². The molecule has 0 radical (unpaired) electrons. The number of halogens is 1. The van der Waals surface area contributed by atoms with Gasteiger partial charge in [-0.15, -0.1) is 11.3 Å². The molecule has 2 aromatic heterocycles. The lowest BCUT2D eigenvalue weighted by atomic mass is 10.2. The Morgan fingerprint density at radius 2 is 2.17 bits per heavy atom. The minimum atomic E-state index is -0.427. The summed E-state index contributed by atoms with van der Waals surface area (Å²) in [4.78, 5) is 13.0. The predicted octanol–water partition coefficient (Wildman–Crippen LogP) is 2.80. The number of nitrogens with zero attached hydrogens (tertiary/aromatic N) is 2. The molecule has 118 valence electrons. The number of carbonyl (C=O) groups is 1. The van der Waals surface area contributed by atoms with Crippen LogP contribution in [0.3, 0.4) is 0 Å². The molecule has 0 bridgehead atoms. The van der Waals surface area contributed by atoms with Crippen LogP contribution in [-0.2, 0) is 11.3 Å². The maximum Gasteiger partial charge on any atom is 0.239 e. The highest BCUT2D eigenvalue weighted by molar-refractivity contribution is 7.09. The van der Waals surface area contributed by atoms with Gasteiger partial charge in [0.1, 0.15) is 5.82 Å². The number of hydrogen-bond donors (Lipinski definition) is 2. The molecule has 0 saturated heterocycles. The molecule has 0 spiro atoms. The highest BCUT2D eigenvalue weighted by atomic mass is 32.1. The first kappa shape index (κ1) is 15.2. The van der Waals surface area contributed by atoms with Crippen molar-refractivity contribution in [3.05, 3.63) is 64.9 Å². The fourth-order valence-electron chi connectivity index (χ4n) is 2.12. The van der Waals surface area contributed by atoms with Crippen LogP contribution in [0, 0.1) is 5.82 Å². The number of rotatable bonds is 6. The third-order valence-electron chi connectivity index (χ3n) is 3.21. The second kappa shape index (κ2) is 7.06. The molecule has 0 aliphatic carbocycles. The zero-order valence-corrected chi connectivity index (χ0v) is 13.0. The number of anilines is 1. The molecule has 0 unspecified atom stereocenters. The Labute approximate surface area is 136 Å². The lowest BCUT2D eigenvalue weighted by Crippen LogP contribution is -2.29. The van der Waals surface area contributed by atoms with E-state index in [1.165, 1.54) is 6.07 Å². The molecule has 1 amide bonds.